The molecule has 4 unspecified atom stereocenters. The van der Waals surface area contributed by atoms with Crippen LogP contribution in [0.25, 0.3) is 0 Å². The molecule has 4 heterocycles. The second kappa shape index (κ2) is 7.44. The molecule has 0 saturated carbocycles. The van der Waals surface area contributed by atoms with Crippen molar-refractivity contribution in [1.29, 1.82) is 0 Å². The molecule has 4 aliphatic heterocycles. The number of guanidine groups is 1. The van der Waals surface area contributed by atoms with Crippen LogP contribution in [0.5, 0.6) is 0 Å². The molecule has 4 atom stereocenters. The van der Waals surface area contributed by atoms with Gasteiger partial charge in [0.15, 0.2) is 5.96 Å². The molecule has 0 aromatic carbocycles. The minimum absolute atomic E-state index is 0. The van der Waals surface area contributed by atoms with Gasteiger partial charge in [0, 0.05) is 38.5 Å². The summed E-state index contributed by atoms with van der Waals surface area (Å²) in [6, 6.07) is 0. The molecule has 5 nitrogen and oxygen atoms in total. The van der Waals surface area contributed by atoms with E-state index in [0.717, 1.165) is 43.3 Å². The van der Waals surface area contributed by atoms with Crippen LogP contribution in [0, 0.1) is 17.8 Å². The van der Waals surface area contributed by atoms with E-state index in [1.165, 1.54) is 38.8 Å². The van der Waals surface area contributed by atoms with Crippen LogP contribution in [-0.4, -0.2) is 74.8 Å². The Balaban J connectivity index is 0.00000156. The number of nitrogens with zero attached hydrogens (tertiary/aromatic N) is 3. The Bertz CT molecular complexity index is 420. The van der Waals surface area contributed by atoms with Gasteiger partial charge in [-0.1, -0.05) is 0 Å². The van der Waals surface area contributed by atoms with Crippen molar-refractivity contribution in [2.45, 2.75) is 37.9 Å². The smallest absolute Gasteiger partial charge is 0.193 e. The highest BCUT2D eigenvalue weighted by Gasteiger charge is 2.53. The third-order valence-electron chi connectivity index (χ3n) is 6.35. The van der Waals surface area contributed by atoms with Crippen LogP contribution in [0.2, 0.25) is 0 Å². The molecule has 1 N–H and O–H groups in total. The Morgan fingerprint density at radius 2 is 1.70 bits per heavy atom. The van der Waals surface area contributed by atoms with Crippen LogP contribution < -0.4 is 5.32 Å². The summed E-state index contributed by atoms with van der Waals surface area (Å²) in [7, 11) is 4.15. The minimum Gasteiger partial charge on any atom is -0.374 e. The van der Waals surface area contributed by atoms with E-state index in [4.69, 9.17) is 4.74 Å². The lowest BCUT2D eigenvalue weighted by atomic mass is 9.82. The first-order valence-electron chi connectivity index (χ1n) is 9.04. The Hall–Kier alpha value is -0.0800. The monoisotopic (exact) mass is 434 g/mol. The molecule has 132 valence electrons. The SMILES string of the molecule is CN=C(NCC1CCN(C)CC1)N1CC2C3CCC(O3)C2C1.I. The summed E-state index contributed by atoms with van der Waals surface area (Å²) in [5.41, 5.74) is 0. The summed E-state index contributed by atoms with van der Waals surface area (Å²) in [5, 5.41) is 3.65. The van der Waals surface area contributed by atoms with Crippen molar-refractivity contribution < 1.29 is 4.74 Å². The Kier molecular flexibility index (Phi) is 5.73. The number of hydrogen-bond acceptors (Lipinski definition) is 3. The molecule has 0 aromatic heterocycles. The van der Waals surface area contributed by atoms with Gasteiger partial charge in [0.1, 0.15) is 0 Å². The average molecular weight is 434 g/mol. The second-order valence-electron chi connectivity index (χ2n) is 7.70. The molecule has 0 radical (unpaired) electrons. The molecule has 6 heteroatoms. The molecular formula is C17H31IN4O. The maximum atomic E-state index is 6.07. The van der Waals surface area contributed by atoms with Crippen molar-refractivity contribution in [2.24, 2.45) is 22.7 Å². The van der Waals surface area contributed by atoms with Crippen LogP contribution in [0.15, 0.2) is 4.99 Å². The Morgan fingerprint density at radius 3 is 2.26 bits per heavy atom. The van der Waals surface area contributed by atoms with Crippen molar-refractivity contribution in [3.63, 3.8) is 0 Å². The number of ether oxygens (including phenoxy) is 1. The van der Waals surface area contributed by atoms with Gasteiger partial charge in [-0.05, 0) is 51.7 Å². The summed E-state index contributed by atoms with van der Waals surface area (Å²) in [6.07, 6.45) is 6.25. The van der Waals surface area contributed by atoms with Gasteiger partial charge in [0.05, 0.1) is 12.2 Å². The number of piperidine rings is 1. The van der Waals surface area contributed by atoms with E-state index in [-0.39, 0.29) is 24.0 Å². The fraction of sp³-hybridized carbons (Fsp3) is 0.941. The topological polar surface area (TPSA) is 40.1 Å². The van der Waals surface area contributed by atoms with Gasteiger partial charge >= 0.3 is 0 Å². The first-order valence-corrected chi connectivity index (χ1v) is 9.04. The lowest BCUT2D eigenvalue weighted by Crippen LogP contribution is -2.44. The first-order chi connectivity index (χ1) is 10.7. The zero-order valence-electron chi connectivity index (χ0n) is 14.4. The van der Waals surface area contributed by atoms with Crippen LogP contribution in [0.1, 0.15) is 25.7 Å². The zero-order valence-corrected chi connectivity index (χ0v) is 16.7. The maximum absolute atomic E-state index is 6.07. The minimum atomic E-state index is 0. The molecule has 4 fully saturated rings. The molecule has 23 heavy (non-hydrogen) atoms. The van der Waals surface area contributed by atoms with Crippen molar-refractivity contribution >= 4 is 29.9 Å². The quantitative estimate of drug-likeness (QED) is 0.408. The van der Waals surface area contributed by atoms with Gasteiger partial charge in [-0.25, -0.2) is 0 Å². The Labute approximate surface area is 157 Å². The number of likely N-dealkylation sites (tertiary alicyclic amines) is 2. The van der Waals surface area contributed by atoms with E-state index in [2.05, 4.69) is 27.2 Å². The van der Waals surface area contributed by atoms with E-state index < -0.39 is 0 Å². The van der Waals surface area contributed by atoms with Gasteiger partial charge in [0.25, 0.3) is 0 Å². The van der Waals surface area contributed by atoms with Gasteiger partial charge in [-0.2, -0.15) is 0 Å². The molecule has 4 saturated heterocycles. The van der Waals surface area contributed by atoms with Gasteiger partial charge in [0.2, 0.25) is 0 Å². The van der Waals surface area contributed by atoms with E-state index in [9.17, 15) is 0 Å². The molecule has 4 aliphatic rings. The summed E-state index contributed by atoms with van der Waals surface area (Å²) in [6.45, 7) is 5.83. The van der Waals surface area contributed by atoms with Gasteiger partial charge in [-0.3, -0.25) is 4.99 Å². The highest BCUT2D eigenvalue weighted by Crippen LogP contribution is 2.47. The van der Waals surface area contributed by atoms with Crippen LogP contribution >= 0.6 is 24.0 Å². The fourth-order valence-electron chi connectivity index (χ4n) is 4.97. The van der Waals surface area contributed by atoms with E-state index in [1.54, 1.807) is 0 Å². The standard InChI is InChI=1S/C17H30N4O.HI/c1-18-17(19-9-12-5-7-20(2)8-6-12)21-10-13-14(11-21)16-4-3-15(13)22-16;/h12-16H,3-11H2,1-2H3,(H,18,19);1H. The summed E-state index contributed by atoms with van der Waals surface area (Å²) >= 11 is 0. The van der Waals surface area contributed by atoms with Crippen LogP contribution in [0.4, 0.5) is 0 Å². The van der Waals surface area contributed by atoms with Crippen LogP contribution in [-0.2, 0) is 4.74 Å². The van der Waals surface area contributed by atoms with Crippen molar-refractivity contribution in [2.75, 3.05) is 46.8 Å². The molecule has 4 rings (SSSR count). The maximum Gasteiger partial charge on any atom is 0.193 e. The zero-order chi connectivity index (χ0) is 15.1. The third kappa shape index (κ3) is 3.49. The van der Waals surface area contributed by atoms with Crippen molar-refractivity contribution in [3.8, 4) is 0 Å². The Morgan fingerprint density at radius 1 is 1.09 bits per heavy atom. The second-order valence-corrected chi connectivity index (χ2v) is 7.70. The van der Waals surface area contributed by atoms with E-state index in [0.29, 0.717) is 12.2 Å². The number of hydrogen-bond donors (Lipinski definition) is 1. The van der Waals surface area contributed by atoms with Crippen LogP contribution in [0.3, 0.4) is 0 Å². The van der Waals surface area contributed by atoms with Crippen molar-refractivity contribution in [1.82, 2.24) is 15.1 Å². The van der Waals surface area contributed by atoms with Gasteiger partial charge < -0.3 is 19.9 Å². The predicted octanol–water partition coefficient (Wildman–Crippen LogP) is 1.63. The summed E-state index contributed by atoms with van der Waals surface area (Å²) < 4.78 is 6.07. The largest absolute Gasteiger partial charge is 0.374 e. The highest BCUT2D eigenvalue weighted by atomic mass is 127. The number of nitrogens with one attached hydrogen (secondary N) is 1. The average Bonchev–Trinajstić information content (AvgIpc) is 3.22. The first kappa shape index (κ1) is 17.7. The number of aliphatic imine (C=N–C) groups is 1. The summed E-state index contributed by atoms with van der Waals surface area (Å²) in [4.78, 5) is 9.46. The number of halogens is 1. The molecule has 2 bridgehead atoms. The molecule has 0 aromatic rings. The fourth-order valence-corrected chi connectivity index (χ4v) is 4.97. The van der Waals surface area contributed by atoms with E-state index in [1.807, 2.05) is 7.05 Å². The lowest BCUT2D eigenvalue weighted by molar-refractivity contribution is 0.0766. The van der Waals surface area contributed by atoms with Gasteiger partial charge in [-0.15, -0.1) is 24.0 Å². The molecule has 0 spiro atoms. The lowest BCUT2D eigenvalue weighted by Gasteiger charge is -2.30. The van der Waals surface area contributed by atoms with E-state index >= 15 is 0 Å². The normalized spacial score (nSPS) is 37.8. The molecular weight excluding hydrogens is 403 g/mol. The van der Waals surface area contributed by atoms with Crippen molar-refractivity contribution in [3.05, 3.63) is 0 Å². The third-order valence-corrected chi connectivity index (χ3v) is 6.35. The summed E-state index contributed by atoms with van der Waals surface area (Å²) in [5.74, 6) is 3.42. The predicted molar refractivity (Wildman–Crippen MR) is 103 cm³/mol. The highest BCUT2D eigenvalue weighted by molar-refractivity contribution is 14.0. The molecule has 0 amide bonds. The number of fused-ring (bicyclic) bond motifs is 5. The number of rotatable bonds is 2. The molecule has 0 aliphatic carbocycles.